The van der Waals surface area contributed by atoms with Crippen LogP contribution in [0.1, 0.15) is 71.6 Å². The summed E-state index contributed by atoms with van der Waals surface area (Å²) in [5.74, 6) is -1.25. The molecule has 2 saturated carbocycles. The largest absolute Gasteiger partial charge is 0.435 e. The number of benzene rings is 3. The third kappa shape index (κ3) is 9.21. The molecule has 0 bridgehead atoms. The van der Waals surface area contributed by atoms with Gasteiger partial charge in [0.15, 0.2) is 0 Å². The molecule has 8 rings (SSSR count). The first-order chi connectivity index (χ1) is 26.4. The van der Waals surface area contributed by atoms with E-state index >= 15 is 4.39 Å². The molecule has 0 N–H and O–H groups in total. The lowest BCUT2D eigenvalue weighted by atomic mass is 9.82. The number of halogens is 6. The number of rotatable bonds is 9. The van der Waals surface area contributed by atoms with E-state index in [0.29, 0.717) is 39.5 Å². The Kier molecular flexibility index (Phi) is 12.2. The minimum Gasteiger partial charge on any atom is -0.435 e. The summed E-state index contributed by atoms with van der Waals surface area (Å²) < 4.78 is 103. The maximum absolute atomic E-state index is 15.3. The molecular formula is C42H40F6N2O2S3. The van der Waals surface area contributed by atoms with E-state index in [9.17, 15) is 22.0 Å². The molecule has 0 unspecified atom stereocenters. The van der Waals surface area contributed by atoms with Crippen LogP contribution in [-0.2, 0) is 0 Å². The van der Waals surface area contributed by atoms with Gasteiger partial charge >= 0.3 is 12.7 Å². The fourth-order valence-corrected chi connectivity index (χ4v) is 9.99. The normalized spacial score (nSPS) is 18.0. The van der Waals surface area contributed by atoms with Gasteiger partial charge in [-0.2, -0.15) is 26.3 Å². The zero-order chi connectivity index (χ0) is 38.7. The highest BCUT2D eigenvalue weighted by Crippen LogP contribution is 2.44. The molecule has 13 heteroatoms. The average molecular weight is 815 g/mol. The summed E-state index contributed by atoms with van der Waals surface area (Å²) in [6, 6.07) is 18.5. The number of ether oxygens (including phenoxy) is 2. The zero-order valence-corrected chi connectivity index (χ0v) is 32.8. The Bertz CT molecular complexity index is 2220. The van der Waals surface area contributed by atoms with Gasteiger partial charge in [0.05, 0.1) is 17.6 Å². The third-order valence-electron chi connectivity index (χ3n) is 10.4. The number of nitrogens with zero attached hydrogens (tertiary/aromatic N) is 2. The van der Waals surface area contributed by atoms with Gasteiger partial charge < -0.3 is 9.47 Å². The van der Waals surface area contributed by atoms with E-state index in [2.05, 4.69) is 27.3 Å². The maximum atomic E-state index is 15.3. The highest BCUT2D eigenvalue weighted by atomic mass is 32.1. The molecule has 3 heterocycles. The second-order valence-electron chi connectivity index (χ2n) is 14.5. The molecule has 0 aliphatic heterocycles. The van der Waals surface area contributed by atoms with Crippen molar-refractivity contribution in [2.75, 3.05) is 0 Å². The van der Waals surface area contributed by atoms with Crippen LogP contribution >= 0.6 is 34.4 Å². The second kappa shape index (κ2) is 17.1. The van der Waals surface area contributed by atoms with Crippen molar-refractivity contribution in [2.24, 2.45) is 17.8 Å². The highest BCUT2D eigenvalue weighted by Gasteiger charge is 2.43. The first-order valence-corrected chi connectivity index (χ1v) is 20.9. The monoisotopic (exact) mass is 814 g/mol. The lowest BCUT2D eigenvalue weighted by molar-refractivity contribution is -0.223. The summed E-state index contributed by atoms with van der Waals surface area (Å²) >= 11 is 3.70. The molecule has 0 spiro atoms. The fraction of sp³-hybridized carbons (Fsp3) is 0.381. The van der Waals surface area contributed by atoms with E-state index in [1.807, 2.05) is 24.3 Å². The third-order valence-corrected chi connectivity index (χ3v) is 13.3. The Morgan fingerprint density at radius 2 is 1.05 bits per heavy atom. The van der Waals surface area contributed by atoms with Gasteiger partial charge in [0.2, 0.25) is 0 Å². The van der Waals surface area contributed by atoms with E-state index in [4.69, 9.17) is 4.74 Å². The van der Waals surface area contributed by atoms with Crippen LogP contribution in [0.25, 0.3) is 52.8 Å². The second-order valence-corrected chi connectivity index (χ2v) is 17.2. The maximum Gasteiger partial charge on any atom is 0.400 e. The molecule has 0 saturated heterocycles. The molecule has 6 aromatic rings. The van der Waals surface area contributed by atoms with Crippen molar-refractivity contribution >= 4 is 45.4 Å². The SMILES string of the molecule is CC1CCC(C(F)(F)Oc2ccc(-c3ccc(-c4ccc(-c5ccc(-c6ccc(OC(F)F)cc6F)s5)c5nsnc45)s3)c(F)c2)CC1.CC1CCCCC1. The van der Waals surface area contributed by atoms with E-state index in [1.54, 1.807) is 12.1 Å². The summed E-state index contributed by atoms with van der Waals surface area (Å²) in [7, 11) is 0. The molecule has 2 fully saturated rings. The molecule has 0 radical (unpaired) electrons. The van der Waals surface area contributed by atoms with Gasteiger partial charge in [-0.05, 0) is 73.2 Å². The molecule has 2 aliphatic rings. The van der Waals surface area contributed by atoms with Gasteiger partial charge in [0, 0.05) is 53.9 Å². The van der Waals surface area contributed by atoms with Crippen molar-refractivity contribution in [1.82, 2.24) is 8.75 Å². The van der Waals surface area contributed by atoms with Gasteiger partial charge in [-0.3, -0.25) is 0 Å². The first-order valence-electron chi connectivity index (χ1n) is 18.5. The van der Waals surface area contributed by atoms with Crippen LogP contribution in [0.15, 0.2) is 72.8 Å². The van der Waals surface area contributed by atoms with Crippen LogP contribution in [0, 0.1) is 29.4 Å². The van der Waals surface area contributed by atoms with Crippen LogP contribution < -0.4 is 9.47 Å². The summed E-state index contributed by atoms with van der Waals surface area (Å²) in [4.78, 5) is 2.83. The number of fused-ring (bicyclic) bond motifs is 1. The quantitative estimate of drug-likeness (QED) is 0.136. The summed E-state index contributed by atoms with van der Waals surface area (Å²) in [6.45, 7) is 1.37. The molecule has 55 heavy (non-hydrogen) atoms. The lowest BCUT2D eigenvalue weighted by Gasteiger charge is -2.32. The van der Waals surface area contributed by atoms with Crippen molar-refractivity contribution < 1.29 is 35.8 Å². The van der Waals surface area contributed by atoms with Gasteiger partial charge in [0.1, 0.15) is 34.2 Å². The Morgan fingerprint density at radius 3 is 1.53 bits per heavy atom. The van der Waals surface area contributed by atoms with Gasteiger partial charge in [0.25, 0.3) is 0 Å². The molecule has 3 aromatic heterocycles. The van der Waals surface area contributed by atoms with Crippen molar-refractivity contribution in [3.63, 3.8) is 0 Å². The average Bonchev–Trinajstić information content (AvgIpc) is 3.94. The topological polar surface area (TPSA) is 44.2 Å². The first kappa shape index (κ1) is 39.3. The molecule has 4 nitrogen and oxygen atoms in total. The smallest absolute Gasteiger partial charge is 0.400 e. The van der Waals surface area contributed by atoms with Crippen LogP contribution in [-0.4, -0.2) is 21.5 Å². The predicted molar refractivity (Wildman–Crippen MR) is 210 cm³/mol. The van der Waals surface area contributed by atoms with Crippen LogP contribution in [0.4, 0.5) is 26.3 Å². The summed E-state index contributed by atoms with van der Waals surface area (Å²) in [5.41, 5.74) is 3.38. The van der Waals surface area contributed by atoms with Gasteiger partial charge in [-0.15, -0.1) is 22.7 Å². The zero-order valence-electron chi connectivity index (χ0n) is 30.3. The van der Waals surface area contributed by atoms with E-state index < -0.39 is 30.3 Å². The minimum atomic E-state index is -3.37. The van der Waals surface area contributed by atoms with Crippen molar-refractivity contribution in [3.8, 4) is 53.3 Å². The van der Waals surface area contributed by atoms with E-state index in [1.165, 1.54) is 79.0 Å². The van der Waals surface area contributed by atoms with Crippen LogP contribution in [0.2, 0.25) is 0 Å². The van der Waals surface area contributed by atoms with Gasteiger partial charge in [-0.25, -0.2) is 8.78 Å². The fourth-order valence-electron chi connectivity index (χ4n) is 7.29. The highest BCUT2D eigenvalue weighted by molar-refractivity contribution is 7.19. The minimum absolute atomic E-state index is 0.209. The Balaban J connectivity index is 0.000000599. The number of aromatic nitrogens is 2. The number of hydrogen-bond acceptors (Lipinski definition) is 7. The molecule has 2 aliphatic carbocycles. The Morgan fingerprint density at radius 1 is 0.600 bits per heavy atom. The molecule has 0 atom stereocenters. The number of hydrogen-bond donors (Lipinski definition) is 0. The number of thiophene rings is 2. The molecular weight excluding hydrogens is 775 g/mol. The Labute approximate surface area is 328 Å². The van der Waals surface area contributed by atoms with E-state index in [-0.39, 0.29) is 22.6 Å². The number of alkyl halides is 4. The van der Waals surface area contributed by atoms with E-state index in [0.717, 1.165) is 63.5 Å². The summed E-state index contributed by atoms with van der Waals surface area (Å²) in [5, 5.41) is 0. The van der Waals surface area contributed by atoms with Crippen molar-refractivity contribution in [1.29, 1.82) is 0 Å². The lowest BCUT2D eigenvalue weighted by Crippen LogP contribution is -2.37. The van der Waals surface area contributed by atoms with Crippen LogP contribution in [0.3, 0.4) is 0 Å². The Hall–Kier alpha value is -3.94. The molecule has 3 aromatic carbocycles. The summed E-state index contributed by atoms with van der Waals surface area (Å²) in [6.07, 6.45) is 6.26. The van der Waals surface area contributed by atoms with Crippen molar-refractivity contribution in [2.45, 2.75) is 84.4 Å². The predicted octanol–water partition coefficient (Wildman–Crippen LogP) is 14.7. The van der Waals surface area contributed by atoms with Crippen molar-refractivity contribution in [3.05, 3.63) is 84.4 Å². The molecule has 0 amide bonds. The van der Waals surface area contributed by atoms with Gasteiger partial charge in [-0.1, -0.05) is 70.9 Å². The van der Waals surface area contributed by atoms with Crippen LogP contribution in [0.5, 0.6) is 11.5 Å². The molecule has 290 valence electrons. The standard InChI is InChI=1S/C35H26F6N2O2S3.C7H14/c1-18-2-4-19(5-3-18)35(40,41)45-21-7-9-23(27(37)17-21)29-13-15-31(47-29)25-11-10-24(32-33(25)43-48-42-32)30-14-12-28(46-30)22-8-6-20(16-26(22)36)44-34(38)39;1-7-5-3-2-4-6-7/h6-19,34H,2-5H2,1H3;7H,2-6H2,1H3.